The van der Waals surface area contributed by atoms with Crippen LogP contribution in [0.2, 0.25) is 0 Å². The normalized spacial score (nSPS) is 14.1. The minimum atomic E-state index is -4.76. The van der Waals surface area contributed by atoms with Crippen LogP contribution in [0.3, 0.4) is 0 Å². The summed E-state index contributed by atoms with van der Waals surface area (Å²) in [5, 5.41) is 21.8. The Bertz CT molecular complexity index is 1170. The quantitative estimate of drug-likeness (QED) is 0.0201. The number of rotatable bonds is 42. The Morgan fingerprint density at radius 3 is 1.52 bits per heavy atom. The predicted molar refractivity (Wildman–Crippen MR) is 235 cm³/mol. The van der Waals surface area contributed by atoms with Crippen molar-refractivity contribution in [3.63, 3.8) is 0 Å². The molecule has 12 heteroatoms. The van der Waals surface area contributed by atoms with Crippen molar-refractivity contribution >= 4 is 25.7 Å². The molecule has 0 fully saturated rings. The van der Waals surface area contributed by atoms with E-state index in [9.17, 15) is 34.1 Å². The van der Waals surface area contributed by atoms with E-state index in [1.165, 1.54) is 83.5 Å². The van der Waals surface area contributed by atoms with Gasteiger partial charge in [0.25, 0.3) is 0 Å². The first-order chi connectivity index (χ1) is 28.1. The number of carboxylic acids is 1. The molecule has 3 unspecified atom stereocenters. The van der Waals surface area contributed by atoms with Crippen LogP contribution in [-0.4, -0.2) is 64.9 Å². The summed E-state index contributed by atoms with van der Waals surface area (Å²) in [5.41, 5.74) is 0. The summed E-state index contributed by atoms with van der Waals surface area (Å²) in [4.78, 5) is 45.9. The molecule has 3 atom stereocenters. The summed E-state index contributed by atoms with van der Waals surface area (Å²) in [6, 6.07) is -1.56. The molecule has 0 aromatic rings. The molecule has 0 aliphatic heterocycles. The fraction of sp³-hybridized carbons (Fsp3) is 0.761. The van der Waals surface area contributed by atoms with Crippen molar-refractivity contribution in [2.75, 3.05) is 19.8 Å². The van der Waals surface area contributed by atoms with Crippen LogP contribution in [0.15, 0.2) is 48.6 Å². The van der Waals surface area contributed by atoms with Crippen LogP contribution < -0.4 is 5.32 Å². The second-order valence-corrected chi connectivity index (χ2v) is 16.7. The Morgan fingerprint density at radius 2 is 1.00 bits per heavy atom. The molecule has 0 aliphatic carbocycles. The number of hydrogen-bond acceptors (Lipinski definition) is 8. The van der Waals surface area contributed by atoms with Gasteiger partial charge in [-0.2, -0.15) is 0 Å². The van der Waals surface area contributed by atoms with E-state index in [-0.39, 0.29) is 12.8 Å². The first-order valence-electron chi connectivity index (χ1n) is 22.7. The number of carbonyl (C=O) groups excluding carboxylic acids is 2. The van der Waals surface area contributed by atoms with Gasteiger partial charge in [0.2, 0.25) is 5.91 Å². The number of carboxylic acid groups (broad SMARTS) is 1. The number of aliphatic hydroxyl groups excluding tert-OH is 1. The highest BCUT2D eigenvalue weighted by Gasteiger charge is 2.28. The summed E-state index contributed by atoms with van der Waals surface area (Å²) in [6.07, 6.45) is 45.6. The third kappa shape index (κ3) is 40.2. The van der Waals surface area contributed by atoms with E-state index >= 15 is 0 Å². The smallest absolute Gasteiger partial charge is 0.472 e. The maximum atomic E-state index is 12.3. The molecule has 1 amide bonds. The molecule has 0 saturated heterocycles. The van der Waals surface area contributed by atoms with Crippen LogP contribution >= 0.6 is 7.82 Å². The number of unbranched alkanes of at least 4 members (excludes halogenated alkanes) is 20. The van der Waals surface area contributed by atoms with E-state index < -0.39 is 57.6 Å². The molecule has 0 rings (SSSR count). The maximum Gasteiger partial charge on any atom is 0.472 e. The average molecular weight is 840 g/mol. The summed E-state index contributed by atoms with van der Waals surface area (Å²) >= 11 is 0. The van der Waals surface area contributed by atoms with Gasteiger partial charge >= 0.3 is 19.8 Å². The summed E-state index contributed by atoms with van der Waals surface area (Å²) in [6.45, 7) is 2.47. The molecule has 336 valence electrons. The minimum Gasteiger partial charge on any atom is -0.480 e. The zero-order valence-electron chi connectivity index (χ0n) is 36.3. The van der Waals surface area contributed by atoms with E-state index in [4.69, 9.17) is 13.8 Å². The first-order valence-corrected chi connectivity index (χ1v) is 24.2. The molecular weight excluding hydrogens is 757 g/mol. The number of carbonyl (C=O) groups is 3. The van der Waals surface area contributed by atoms with Crippen molar-refractivity contribution < 1.29 is 47.8 Å². The number of phosphoric ester groups is 1. The topological polar surface area (TPSA) is 169 Å². The third-order valence-electron chi connectivity index (χ3n) is 9.60. The Morgan fingerprint density at radius 1 is 0.569 bits per heavy atom. The third-order valence-corrected chi connectivity index (χ3v) is 10.6. The molecule has 0 heterocycles. The lowest BCUT2D eigenvalue weighted by Gasteiger charge is -2.18. The van der Waals surface area contributed by atoms with Crippen molar-refractivity contribution in [2.45, 2.75) is 206 Å². The molecule has 0 saturated carbocycles. The van der Waals surface area contributed by atoms with Gasteiger partial charge in [-0.05, 0) is 70.6 Å². The molecule has 0 aromatic carbocycles. The van der Waals surface area contributed by atoms with Crippen LogP contribution in [0.5, 0.6) is 0 Å². The molecule has 4 N–H and O–H groups in total. The fourth-order valence-corrected chi connectivity index (χ4v) is 6.86. The number of allylic oxidation sites excluding steroid dienone is 8. The number of phosphoric acid groups is 1. The SMILES string of the molecule is CC/C=C\C/C=C\C/C=C\CCCCCCCC(=O)NC(COP(=O)(O)OCC(O)COC(=O)CCCCCCCCCCC/C=C/CCCCCCCC)C(=O)O. The van der Waals surface area contributed by atoms with Gasteiger partial charge in [0.15, 0.2) is 6.04 Å². The Hall–Kier alpha value is -2.56. The monoisotopic (exact) mass is 840 g/mol. The molecule has 0 radical (unpaired) electrons. The largest absolute Gasteiger partial charge is 0.480 e. The van der Waals surface area contributed by atoms with E-state index in [0.29, 0.717) is 12.8 Å². The molecule has 0 bridgehead atoms. The zero-order valence-corrected chi connectivity index (χ0v) is 37.2. The summed E-state index contributed by atoms with van der Waals surface area (Å²) < 4.78 is 26.8. The van der Waals surface area contributed by atoms with Crippen molar-refractivity contribution in [3.8, 4) is 0 Å². The highest BCUT2D eigenvalue weighted by molar-refractivity contribution is 7.47. The number of ether oxygens (including phenoxy) is 1. The molecule has 0 aromatic heterocycles. The lowest BCUT2D eigenvalue weighted by atomic mass is 10.1. The van der Waals surface area contributed by atoms with Crippen molar-refractivity contribution in [1.29, 1.82) is 0 Å². The highest BCUT2D eigenvalue weighted by Crippen LogP contribution is 2.43. The van der Waals surface area contributed by atoms with Crippen LogP contribution in [0, 0.1) is 0 Å². The van der Waals surface area contributed by atoms with E-state index in [1.807, 2.05) is 0 Å². The van der Waals surface area contributed by atoms with E-state index in [2.05, 4.69) is 67.8 Å². The summed E-state index contributed by atoms with van der Waals surface area (Å²) in [7, 11) is -4.76. The van der Waals surface area contributed by atoms with Crippen molar-refractivity contribution in [1.82, 2.24) is 5.32 Å². The van der Waals surface area contributed by atoms with Crippen molar-refractivity contribution in [3.05, 3.63) is 48.6 Å². The van der Waals surface area contributed by atoms with Gasteiger partial charge in [0, 0.05) is 12.8 Å². The van der Waals surface area contributed by atoms with Crippen LogP contribution in [0.25, 0.3) is 0 Å². The number of esters is 1. The minimum absolute atomic E-state index is 0.125. The summed E-state index contributed by atoms with van der Waals surface area (Å²) in [5.74, 6) is -2.40. The van der Waals surface area contributed by atoms with E-state index in [1.54, 1.807) is 0 Å². The zero-order chi connectivity index (χ0) is 42.8. The van der Waals surface area contributed by atoms with Gasteiger partial charge in [-0.1, -0.05) is 159 Å². The molecule has 11 nitrogen and oxygen atoms in total. The molecule has 58 heavy (non-hydrogen) atoms. The second-order valence-electron chi connectivity index (χ2n) is 15.2. The predicted octanol–water partition coefficient (Wildman–Crippen LogP) is 11.8. The van der Waals surface area contributed by atoms with Crippen LogP contribution in [0.4, 0.5) is 0 Å². The van der Waals surface area contributed by atoms with Gasteiger partial charge in [0.05, 0.1) is 13.2 Å². The Labute approximate surface area is 352 Å². The number of amides is 1. The lowest BCUT2D eigenvalue weighted by Crippen LogP contribution is -2.43. The Balaban J connectivity index is 3.89. The van der Waals surface area contributed by atoms with E-state index in [0.717, 1.165) is 70.6 Å². The van der Waals surface area contributed by atoms with Crippen molar-refractivity contribution in [2.24, 2.45) is 0 Å². The van der Waals surface area contributed by atoms with Gasteiger partial charge in [-0.25, -0.2) is 9.36 Å². The average Bonchev–Trinajstić information content (AvgIpc) is 3.20. The standard InChI is InChI=1S/C46H82NO10P/c1-3-5-7-9-11-13-15-17-19-20-21-22-24-26-28-30-32-34-36-38-45(50)55-39-42(48)40-56-58(53,54)57-41-43(46(51)52)47-44(49)37-35-33-31-29-27-25-23-18-16-14-12-10-8-6-4-2/h6,8,12,14,17-19,23,42-43,48H,3-5,7,9-11,13,15-16,20-22,24-41H2,1-2H3,(H,47,49)(H,51,52)(H,53,54)/b8-6-,14-12-,19-17+,23-18-. The molecule has 0 aliphatic rings. The van der Waals surface area contributed by atoms with Crippen LogP contribution in [0.1, 0.15) is 194 Å². The van der Waals surface area contributed by atoms with Gasteiger partial charge in [-0.3, -0.25) is 18.6 Å². The molecular formula is C46H82NO10P. The van der Waals surface area contributed by atoms with Crippen LogP contribution in [-0.2, 0) is 32.7 Å². The first kappa shape index (κ1) is 55.4. The second kappa shape index (κ2) is 41.2. The highest BCUT2D eigenvalue weighted by atomic mass is 31.2. The fourth-order valence-electron chi connectivity index (χ4n) is 6.09. The lowest BCUT2D eigenvalue weighted by molar-refractivity contribution is -0.147. The number of nitrogens with one attached hydrogen (secondary N) is 1. The molecule has 0 spiro atoms. The number of aliphatic hydroxyl groups is 1. The van der Waals surface area contributed by atoms with Gasteiger partial charge in [0.1, 0.15) is 12.7 Å². The number of hydrogen-bond donors (Lipinski definition) is 4. The van der Waals surface area contributed by atoms with Gasteiger partial charge in [-0.15, -0.1) is 0 Å². The Kier molecular flexibility index (Phi) is 39.4. The number of aliphatic carboxylic acids is 1. The maximum absolute atomic E-state index is 12.3. The van der Waals surface area contributed by atoms with Gasteiger partial charge < -0.3 is 25.2 Å².